The van der Waals surface area contributed by atoms with E-state index >= 15 is 0 Å². The number of nitrogens with two attached hydrogens (primary N) is 1. The van der Waals surface area contributed by atoms with E-state index in [2.05, 4.69) is 47.2 Å². The smallest absolute Gasteiger partial charge is 0.237 e. The Morgan fingerprint density at radius 1 is 1.55 bits per heavy atom. The number of carbonyl (C=O) groups excluding carboxylic acids is 1. The maximum absolute atomic E-state index is 11.7. The Hall–Kier alpha value is -0.520. The van der Waals surface area contributed by atoms with E-state index in [9.17, 15) is 4.79 Å². The minimum absolute atomic E-state index is 0.285. The number of hydrogen-bond donors (Lipinski definition) is 2. The van der Waals surface area contributed by atoms with Crippen molar-refractivity contribution in [3.63, 3.8) is 0 Å². The molecule has 0 aliphatic rings. The number of halogens is 1. The highest BCUT2D eigenvalue weighted by atomic mass is 79.9. The van der Waals surface area contributed by atoms with E-state index < -0.39 is 5.54 Å². The van der Waals surface area contributed by atoms with Crippen molar-refractivity contribution in [1.29, 1.82) is 0 Å². The molecule has 0 aliphatic carbocycles. The van der Waals surface area contributed by atoms with Gasteiger partial charge in [-0.25, -0.2) is 0 Å². The fourth-order valence-electron chi connectivity index (χ4n) is 2.05. The lowest BCUT2D eigenvalue weighted by Crippen LogP contribution is -2.54. The lowest BCUT2D eigenvalue weighted by atomic mass is 9.95. The third kappa shape index (κ3) is 5.46. The molecule has 20 heavy (non-hydrogen) atoms. The van der Waals surface area contributed by atoms with Gasteiger partial charge in [-0.3, -0.25) is 4.79 Å². The van der Waals surface area contributed by atoms with Crippen LogP contribution in [0.15, 0.2) is 33.6 Å². The molecule has 0 aromatic heterocycles. The molecule has 1 aromatic carbocycles. The summed E-state index contributed by atoms with van der Waals surface area (Å²) in [5, 5.41) is 3.57. The molecule has 3 nitrogen and oxygen atoms in total. The number of rotatable bonds is 8. The molecule has 0 saturated heterocycles. The molecule has 0 radical (unpaired) electrons. The molecule has 1 aromatic rings. The van der Waals surface area contributed by atoms with Crippen molar-refractivity contribution >= 4 is 33.6 Å². The van der Waals surface area contributed by atoms with Crippen molar-refractivity contribution in [2.24, 2.45) is 5.73 Å². The molecule has 0 heterocycles. The fourth-order valence-corrected chi connectivity index (χ4v) is 3.83. The summed E-state index contributed by atoms with van der Waals surface area (Å²) in [7, 11) is 0. The molecular formula is C15H23BrN2OS. The predicted octanol–water partition coefficient (Wildman–Crippen LogP) is 3.56. The Morgan fingerprint density at radius 3 is 2.80 bits per heavy atom. The van der Waals surface area contributed by atoms with Gasteiger partial charge >= 0.3 is 0 Å². The van der Waals surface area contributed by atoms with E-state index in [1.54, 1.807) is 11.8 Å². The molecule has 1 rings (SSSR count). The lowest BCUT2D eigenvalue weighted by molar-refractivity contribution is -0.124. The van der Waals surface area contributed by atoms with Gasteiger partial charge < -0.3 is 11.1 Å². The molecule has 2 atom stereocenters. The van der Waals surface area contributed by atoms with Crippen LogP contribution in [0.1, 0.15) is 33.6 Å². The number of benzene rings is 1. The highest BCUT2D eigenvalue weighted by Crippen LogP contribution is 2.30. The van der Waals surface area contributed by atoms with Crippen LogP contribution >= 0.6 is 27.7 Å². The zero-order chi connectivity index (χ0) is 15.2. The maximum Gasteiger partial charge on any atom is 0.237 e. The number of hydrogen-bond acceptors (Lipinski definition) is 3. The zero-order valence-corrected chi connectivity index (χ0v) is 14.7. The molecule has 0 aliphatic heterocycles. The number of primary amides is 1. The topological polar surface area (TPSA) is 55.1 Å². The van der Waals surface area contributed by atoms with Crippen LogP contribution in [0.25, 0.3) is 0 Å². The second kappa shape index (κ2) is 8.05. The molecule has 112 valence electrons. The fraction of sp³-hybridized carbons (Fsp3) is 0.533. The van der Waals surface area contributed by atoms with Crippen LogP contribution in [0.2, 0.25) is 0 Å². The normalized spacial score (nSPS) is 15.6. The lowest BCUT2D eigenvalue weighted by Gasteiger charge is -2.30. The van der Waals surface area contributed by atoms with Gasteiger partial charge in [0.25, 0.3) is 0 Å². The Morgan fingerprint density at radius 2 is 2.25 bits per heavy atom. The van der Waals surface area contributed by atoms with E-state index in [0.717, 1.165) is 17.4 Å². The van der Waals surface area contributed by atoms with Gasteiger partial charge in [0.05, 0.1) is 5.54 Å². The summed E-state index contributed by atoms with van der Waals surface area (Å²) in [6.45, 7) is 6.89. The average molecular weight is 359 g/mol. The van der Waals surface area contributed by atoms with Gasteiger partial charge in [0.1, 0.15) is 0 Å². The van der Waals surface area contributed by atoms with Crippen LogP contribution in [0.5, 0.6) is 0 Å². The molecule has 0 saturated carbocycles. The van der Waals surface area contributed by atoms with Gasteiger partial charge in [-0.1, -0.05) is 35.8 Å². The zero-order valence-electron chi connectivity index (χ0n) is 12.3. The third-order valence-electron chi connectivity index (χ3n) is 3.14. The van der Waals surface area contributed by atoms with E-state index in [1.165, 1.54) is 4.90 Å². The summed E-state index contributed by atoms with van der Waals surface area (Å²) < 4.78 is 1.07. The second-order valence-corrected chi connectivity index (χ2v) is 7.64. The molecular weight excluding hydrogens is 336 g/mol. The van der Waals surface area contributed by atoms with Crippen molar-refractivity contribution in [3.8, 4) is 0 Å². The van der Waals surface area contributed by atoms with Crippen LogP contribution < -0.4 is 11.1 Å². The van der Waals surface area contributed by atoms with Crippen molar-refractivity contribution in [2.75, 3.05) is 6.54 Å². The maximum atomic E-state index is 11.7. The molecule has 1 amide bonds. The number of thioether (sulfide) groups is 1. The van der Waals surface area contributed by atoms with Gasteiger partial charge in [0.15, 0.2) is 0 Å². The minimum Gasteiger partial charge on any atom is -0.368 e. The van der Waals surface area contributed by atoms with Crippen LogP contribution in [-0.4, -0.2) is 23.2 Å². The summed E-state index contributed by atoms with van der Waals surface area (Å²) in [6, 6.07) is 8.18. The number of amides is 1. The molecule has 3 N–H and O–H groups in total. The molecule has 2 unspecified atom stereocenters. The average Bonchev–Trinajstić information content (AvgIpc) is 2.36. The molecule has 5 heteroatoms. The van der Waals surface area contributed by atoms with Crippen LogP contribution in [-0.2, 0) is 4.79 Å². The summed E-state index contributed by atoms with van der Waals surface area (Å²) in [4.78, 5) is 12.9. The van der Waals surface area contributed by atoms with Gasteiger partial charge in [0, 0.05) is 14.6 Å². The van der Waals surface area contributed by atoms with E-state index in [0.29, 0.717) is 11.7 Å². The largest absolute Gasteiger partial charge is 0.368 e. The van der Waals surface area contributed by atoms with Crippen LogP contribution in [0, 0.1) is 0 Å². The van der Waals surface area contributed by atoms with Crippen LogP contribution in [0.3, 0.4) is 0 Å². The van der Waals surface area contributed by atoms with Gasteiger partial charge in [0.2, 0.25) is 5.91 Å². The highest BCUT2D eigenvalue weighted by molar-refractivity contribution is 9.10. The predicted molar refractivity (Wildman–Crippen MR) is 90.0 cm³/mol. The van der Waals surface area contributed by atoms with Gasteiger partial charge in [-0.05, 0) is 44.5 Å². The van der Waals surface area contributed by atoms with E-state index in [1.807, 2.05) is 19.1 Å². The van der Waals surface area contributed by atoms with Crippen molar-refractivity contribution in [3.05, 3.63) is 28.7 Å². The highest BCUT2D eigenvalue weighted by Gasteiger charge is 2.32. The van der Waals surface area contributed by atoms with Gasteiger partial charge in [-0.15, -0.1) is 11.8 Å². The number of carbonyl (C=O) groups is 1. The minimum atomic E-state index is -0.644. The second-order valence-electron chi connectivity index (χ2n) is 5.21. The molecule has 0 bridgehead atoms. The Labute approximate surface area is 134 Å². The first kappa shape index (κ1) is 17.5. The first-order valence-corrected chi connectivity index (χ1v) is 8.52. The van der Waals surface area contributed by atoms with Crippen molar-refractivity contribution < 1.29 is 4.79 Å². The van der Waals surface area contributed by atoms with Crippen LogP contribution in [0.4, 0.5) is 0 Å². The van der Waals surface area contributed by atoms with Gasteiger partial charge in [-0.2, -0.15) is 0 Å². The first-order valence-electron chi connectivity index (χ1n) is 6.84. The summed E-state index contributed by atoms with van der Waals surface area (Å²) in [6.07, 6.45) is 1.69. The third-order valence-corrected chi connectivity index (χ3v) is 4.73. The SMILES string of the molecule is CCCNC(C)(CC(C)Sc1cccc(Br)c1)C(N)=O. The summed E-state index contributed by atoms with van der Waals surface area (Å²) in [5.41, 5.74) is 4.91. The monoisotopic (exact) mass is 358 g/mol. The summed E-state index contributed by atoms with van der Waals surface area (Å²) in [5.74, 6) is -0.285. The summed E-state index contributed by atoms with van der Waals surface area (Å²) >= 11 is 5.23. The number of nitrogens with one attached hydrogen (secondary N) is 1. The first-order chi connectivity index (χ1) is 9.37. The quantitative estimate of drug-likeness (QED) is 0.698. The van der Waals surface area contributed by atoms with E-state index in [4.69, 9.17) is 5.73 Å². The van der Waals surface area contributed by atoms with E-state index in [-0.39, 0.29) is 5.91 Å². The Kier molecular flexibility index (Phi) is 7.06. The van der Waals surface area contributed by atoms with Crippen molar-refractivity contribution in [2.45, 2.75) is 49.3 Å². The Balaban J connectivity index is 2.66. The molecule has 0 fully saturated rings. The van der Waals surface area contributed by atoms with Crippen molar-refractivity contribution in [1.82, 2.24) is 5.32 Å². The Bertz CT molecular complexity index is 455. The molecule has 0 spiro atoms. The standard InChI is InChI=1S/C15H23BrN2OS/c1-4-8-18-15(3,14(17)19)10-11(2)20-13-7-5-6-12(16)9-13/h5-7,9,11,18H,4,8,10H2,1-3H3,(H2,17,19).